The minimum atomic E-state index is -1.12. The fraction of sp³-hybridized carbons (Fsp3) is 0. The van der Waals surface area contributed by atoms with Crippen molar-refractivity contribution in [3.05, 3.63) is 53.1 Å². The maximum atomic E-state index is 11.2. The number of phenols is 1. The number of carboxylic acid groups (broad SMARTS) is 1. The van der Waals surface area contributed by atoms with E-state index in [9.17, 15) is 9.90 Å². The van der Waals surface area contributed by atoms with Gasteiger partial charge < -0.3 is 10.2 Å². The lowest BCUT2D eigenvalue weighted by molar-refractivity contribution is 0.0698. The number of aromatic carboxylic acids is 1. The van der Waals surface area contributed by atoms with E-state index in [1.165, 1.54) is 12.1 Å². The zero-order chi connectivity index (χ0) is 12.4. The van der Waals surface area contributed by atoms with Gasteiger partial charge in [0.05, 0.1) is 10.6 Å². The van der Waals surface area contributed by atoms with Gasteiger partial charge in [-0.1, -0.05) is 41.9 Å². The molecule has 17 heavy (non-hydrogen) atoms. The molecule has 4 heteroatoms. The van der Waals surface area contributed by atoms with Gasteiger partial charge in [0.1, 0.15) is 5.75 Å². The molecule has 0 bridgehead atoms. The summed E-state index contributed by atoms with van der Waals surface area (Å²) in [5.41, 5.74) is 0.853. The number of hydrogen-bond donors (Lipinski definition) is 2. The normalized spacial score (nSPS) is 10.2. The van der Waals surface area contributed by atoms with Crippen LogP contribution in [0.5, 0.6) is 5.75 Å². The molecular formula is C13H9ClO3. The first-order valence-electron chi connectivity index (χ1n) is 4.91. The second-order valence-electron chi connectivity index (χ2n) is 3.48. The Bertz CT molecular complexity index is 579. The van der Waals surface area contributed by atoms with E-state index in [1.807, 2.05) is 0 Å². The zero-order valence-corrected chi connectivity index (χ0v) is 9.48. The lowest BCUT2D eigenvalue weighted by Gasteiger charge is -2.09. The Kier molecular flexibility index (Phi) is 3.02. The SMILES string of the molecule is O=C(O)c1c(Cl)cccc1-c1ccccc1O. The molecule has 2 aromatic rings. The minimum Gasteiger partial charge on any atom is -0.507 e. The van der Waals surface area contributed by atoms with Gasteiger partial charge in [-0.15, -0.1) is 0 Å². The van der Waals surface area contributed by atoms with Crippen LogP contribution in [0, 0.1) is 0 Å². The van der Waals surface area contributed by atoms with E-state index in [0.717, 1.165) is 0 Å². The molecule has 0 aromatic heterocycles. The van der Waals surface area contributed by atoms with E-state index in [-0.39, 0.29) is 16.3 Å². The molecule has 3 nitrogen and oxygen atoms in total. The van der Waals surface area contributed by atoms with Gasteiger partial charge in [-0.2, -0.15) is 0 Å². The molecule has 2 rings (SSSR count). The summed E-state index contributed by atoms with van der Waals surface area (Å²) in [6, 6.07) is 11.3. The molecule has 2 aromatic carbocycles. The predicted octanol–water partition coefficient (Wildman–Crippen LogP) is 3.41. The number of carbonyl (C=O) groups is 1. The van der Waals surface area contributed by atoms with Crippen molar-refractivity contribution < 1.29 is 15.0 Å². The third-order valence-electron chi connectivity index (χ3n) is 2.42. The van der Waals surface area contributed by atoms with Gasteiger partial charge in [0.2, 0.25) is 0 Å². The van der Waals surface area contributed by atoms with Gasteiger partial charge in [-0.05, 0) is 12.1 Å². The number of halogens is 1. The van der Waals surface area contributed by atoms with Gasteiger partial charge in [0.25, 0.3) is 0 Å². The first-order valence-corrected chi connectivity index (χ1v) is 5.29. The molecule has 0 amide bonds. The average molecular weight is 249 g/mol. The van der Waals surface area contributed by atoms with E-state index in [1.54, 1.807) is 30.3 Å². The largest absolute Gasteiger partial charge is 0.507 e. The van der Waals surface area contributed by atoms with Crippen molar-refractivity contribution in [1.82, 2.24) is 0 Å². The molecule has 0 aliphatic heterocycles. The van der Waals surface area contributed by atoms with Crippen LogP contribution in [0.15, 0.2) is 42.5 Å². The molecule has 2 N–H and O–H groups in total. The molecule has 0 saturated carbocycles. The van der Waals surface area contributed by atoms with Crippen LogP contribution in [-0.2, 0) is 0 Å². The second-order valence-corrected chi connectivity index (χ2v) is 3.89. The first kappa shape index (κ1) is 11.5. The zero-order valence-electron chi connectivity index (χ0n) is 8.72. The predicted molar refractivity (Wildman–Crippen MR) is 65.5 cm³/mol. The second kappa shape index (κ2) is 4.47. The molecule has 0 aliphatic rings. The highest BCUT2D eigenvalue weighted by Gasteiger charge is 2.17. The summed E-state index contributed by atoms with van der Waals surface area (Å²) in [6.07, 6.45) is 0. The van der Waals surface area contributed by atoms with Gasteiger partial charge in [0.15, 0.2) is 0 Å². The van der Waals surface area contributed by atoms with Gasteiger partial charge in [-0.25, -0.2) is 4.79 Å². The van der Waals surface area contributed by atoms with Crippen LogP contribution >= 0.6 is 11.6 Å². The van der Waals surface area contributed by atoms with E-state index in [2.05, 4.69) is 0 Å². The Morgan fingerprint density at radius 1 is 1.00 bits per heavy atom. The average Bonchev–Trinajstić information content (AvgIpc) is 2.28. The molecule has 0 atom stereocenters. The van der Waals surface area contributed by atoms with Crippen molar-refractivity contribution in [1.29, 1.82) is 0 Å². The minimum absolute atomic E-state index is 0.00401. The molecule has 0 radical (unpaired) electrons. The van der Waals surface area contributed by atoms with Crippen molar-refractivity contribution >= 4 is 17.6 Å². The smallest absolute Gasteiger partial charge is 0.337 e. The fourth-order valence-electron chi connectivity index (χ4n) is 1.67. The first-order chi connectivity index (χ1) is 8.11. The summed E-state index contributed by atoms with van der Waals surface area (Å²) in [4.78, 5) is 11.2. The molecular weight excluding hydrogens is 240 g/mol. The highest BCUT2D eigenvalue weighted by atomic mass is 35.5. The van der Waals surface area contributed by atoms with Crippen LogP contribution in [-0.4, -0.2) is 16.2 Å². The number of rotatable bonds is 2. The number of benzene rings is 2. The lowest BCUT2D eigenvalue weighted by atomic mass is 9.99. The van der Waals surface area contributed by atoms with Gasteiger partial charge in [0, 0.05) is 11.1 Å². The molecule has 0 fully saturated rings. The molecule has 0 saturated heterocycles. The standard InChI is InChI=1S/C13H9ClO3/c14-10-6-3-5-9(12(10)13(16)17)8-4-1-2-7-11(8)15/h1-7,15H,(H,16,17). The van der Waals surface area contributed by atoms with Crippen LogP contribution in [0.3, 0.4) is 0 Å². The van der Waals surface area contributed by atoms with Crippen LogP contribution in [0.25, 0.3) is 11.1 Å². The summed E-state index contributed by atoms with van der Waals surface area (Å²) < 4.78 is 0. The van der Waals surface area contributed by atoms with E-state index >= 15 is 0 Å². The monoisotopic (exact) mass is 248 g/mol. The summed E-state index contributed by atoms with van der Waals surface area (Å²) in [7, 11) is 0. The number of aromatic hydroxyl groups is 1. The number of hydrogen-bond acceptors (Lipinski definition) is 2. The topological polar surface area (TPSA) is 57.5 Å². The Morgan fingerprint density at radius 2 is 1.65 bits per heavy atom. The maximum absolute atomic E-state index is 11.2. The van der Waals surface area contributed by atoms with Gasteiger partial charge in [-0.3, -0.25) is 0 Å². The molecule has 0 unspecified atom stereocenters. The van der Waals surface area contributed by atoms with Crippen LogP contribution in [0.1, 0.15) is 10.4 Å². The highest BCUT2D eigenvalue weighted by Crippen LogP contribution is 2.34. The van der Waals surface area contributed by atoms with Crippen molar-refractivity contribution in [2.24, 2.45) is 0 Å². The highest BCUT2D eigenvalue weighted by molar-refractivity contribution is 6.34. The summed E-state index contributed by atoms with van der Waals surface area (Å²) in [5, 5.41) is 19.0. The van der Waals surface area contributed by atoms with Crippen LogP contribution in [0.4, 0.5) is 0 Å². The summed E-state index contributed by atoms with van der Waals surface area (Å²) >= 11 is 5.86. The Labute approximate surface area is 103 Å². The lowest BCUT2D eigenvalue weighted by Crippen LogP contribution is -2.00. The van der Waals surface area contributed by atoms with Crippen molar-refractivity contribution in [2.45, 2.75) is 0 Å². The van der Waals surface area contributed by atoms with Crippen LogP contribution in [0.2, 0.25) is 5.02 Å². The van der Waals surface area contributed by atoms with Crippen molar-refractivity contribution in [3.63, 3.8) is 0 Å². The van der Waals surface area contributed by atoms with Crippen molar-refractivity contribution in [2.75, 3.05) is 0 Å². The number of carboxylic acids is 1. The van der Waals surface area contributed by atoms with E-state index in [4.69, 9.17) is 16.7 Å². The van der Waals surface area contributed by atoms with E-state index in [0.29, 0.717) is 11.1 Å². The van der Waals surface area contributed by atoms with E-state index < -0.39 is 5.97 Å². The quantitative estimate of drug-likeness (QED) is 0.856. The third kappa shape index (κ3) is 2.10. The fourth-order valence-corrected chi connectivity index (χ4v) is 1.92. The number of phenolic OH excluding ortho intramolecular Hbond substituents is 1. The van der Waals surface area contributed by atoms with Gasteiger partial charge >= 0.3 is 5.97 Å². The molecule has 86 valence electrons. The van der Waals surface area contributed by atoms with Crippen molar-refractivity contribution in [3.8, 4) is 16.9 Å². The maximum Gasteiger partial charge on any atom is 0.337 e. The summed E-state index contributed by atoms with van der Waals surface area (Å²) in [5.74, 6) is -1.09. The Balaban J connectivity index is 2.72. The molecule has 0 aliphatic carbocycles. The Hall–Kier alpha value is -2.00. The summed E-state index contributed by atoms with van der Waals surface area (Å²) in [6.45, 7) is 0. The Morgan fingerprint density at radius 3 is 2.29 bits per heavy atom. The number of para-hydroxylation sites is 1. The molecule has 0 spiro atoms. The third-order valence-corrected chi connectivity index (χ3v) is 2.74. The van der Waals surface area contributed by atoms with Crippen LogP contribution < -0.4 is 0 Å². The molecule has 0 heterocycles.